The minimum Gasteiger partial charge on any atom is -0.497 e. The highest BCUT2D eigenvalue weighted by molar-refractivity contribution is 5.94. The second kappa shape index (κ2) is 6.00. The number of rotatable bonds is 4. The molecule has 19 heavy (non-hydrogen) atoms. The molecule has 0 fully saturated rings. The summed E-state index contributed by atoms with van der Waals surface area (Å²) in [5, 5.41) is 2.94. The number of ether oxygens (including phenoxy) is 1. The van der Waals surface area contributed by atoms with Crippen LogP contribution >= 0.6 is 0 Å². The van der Waals surface area contributed by atoms with Crippen molar-refractivity contribution in [3.05, 3.63) is 59.9 Å². The molecule has 0 radical (unpaired) electrons. The van der Waals surface area contributed by atoms with E-state index in [-0.39, 0.29) is 11.9 Å². The summed E-state index contributed by atoms with van der Waals surface area (Å²) in [6.07, 6.45) is 3.20. The molecule has 1 N–H and O–H groups in total. The lowest BCUT2D eigenvalue weighted by Gasteiger charge is -2.15. The third kappa shape index (κ3) is 3.31. The number of methoxy groups -OCH3 is 1. The van der Waals surface area contributed by atoms with Gasteiger partial charge in [-0.15, -0.1) is 0 Å². The van der Waals surface area contributed by atoms with E-state index in [9.17, 15) is 4.79 Å². The number of benzene rings is 1. The average Bonchev–Trinajstić information content (AvgIpc) is 2.48. The SMILES string of the molecule is COc1cccc([C@H](C)NC(=O)c2ccncc2)c1. The van der Waals surface area contributed by atoms with Crippen molar-refractivity contribution in [1.82, 2.24) is 10.3 Å². The molecule has 0 aliphatic heterocycles. The van der Waals surface area contributed by atoms with Gasteiger partial charge in [0.1, 0.15) is 5.75 Å². The molecule has 1 heterocycles. The van der Waals surface area contributed by atoms with Gasteiger partial charge >= 0.3 is 0 Å². The first kappa shape index (κ1) is 13.1. The predicted molar refractivity (Wildman–Crippen MR) is 73.1 cm³/mol. The van der Waals surface area contributed by atoms with Gasteiger partial charge in [-0.05, 0) is 36.8 Å². The number of hydrogen-bond donors (Lipinski definition) is 1. The minimum atomic E-state index is -0.113. The number of carbonyl (C=O) groups is 1. The third-order valence-corrected chi connectivity index (χ3v) is 2.88. The van der Waals surface area contributed by atoms with Crippen LogP contribution in [0.3, 0.4) is 0 Å². The number of nitrogens with zero attached hydrogens (tertiary/aromatic N) is 1. The first-order valence-electron chi connectivity index (χ1n) is 6.05. The highest BCUT2D eigenvalue weighted by atomic mass is 16.5. The summed E-state index contributed by atoms with van der Waals surface area (Å²) >= 11 is 0. The molecule has 0 aliphatic carbocycles. The molecule has 1 atom stereocenters. The lowest BCUT2D eigenvalue weighted by molar-refractivity contribution is 0.0939. The van der Waals surface area contributed by atoms with Crippen LogP contribution in [0, 0.1) is 0 Å². The fourth-order valence-electron chi connectivity index (χ4n) is 1.78. The Kier molecular flexibility index (Phi) is 4.13. The van der Waals surface area contributed by atoms with Crippen LogP contribution in [0.2, 0.25) is 0 Å². The summed E-state index contributed by atoms with van der Waals surface area (Å²) in [6.45, 7) is 1.94. The Morgan fingerprint density at radius 2 is 2.00 bits per heavy atom. The molecular formula is C15H16N2O2. The Bertz CT molecular complexity index is 555. The van der Waals surface area contributed by atoms with E-state index in [1.165, 1.54) is 0 Å². The van der Waals surface area contributed by atoms with Crippen molar-refractivity contribution >= 4 is 5.91 Å². The van der Waals surface area contributed by atoms with E-state index in [1.54, 1.807) is 31.6 Å². The van der Waals surface area contributed by atoms with Crippen molar-refractivity contribution in [3.63, 3.8) is 0 Å². The van der Waals surface area contributed by atoms with Crippen LogP contribution in [0.1, 0.15) is 28.9 Å². The molecule has 0 saturated heterocycles. The molecule has 2 aromatic rings. The molecule has 0 saturated carbocycles. The van der Waals surface area contributed by atoms with Crippen LogP contribution in [0.25, 0.3) is 0 Å². The molecule has 1 aromatic heterocycles. The van der Waals surface area contributed by atoms with E-state index in [1.807, 2.05) is 31.2 Å². The number of hydrogen-bond acceptors (Lipinski definition) is 3. The molecule has 0 aliphatic rings. The zero-order chi connectivity index (χ0) is 13.7. The Balaban J connectivity index is 2.08. The Labute approximate surface area is 112 Å². The van der Waals surface area contributed by atoms with Gasteiger partial charge in [0.25, 0.3) is 5.91 Å². The lowest BCUT2D eigenvalue weighted by atomic mass is 10.1. The second-order valence-corrected chi connectivity index (χ2v) is 4.21. The molecule has 98 valence electrons. The van der Waals surface area contributed by atoms with Gasteiger partial charge in [0.2, 0.25) is 0 Å². The summed E-state index contributed by atoms with van der Waals surface area (Å²) in [4.78, 5) is 15.9. The number of aromatic nitrogens is 1. The van der Waals surface area contributed by atoms with Crippen LogP contribution in [0.15, 0.2) is 48.8 Å². The number of nitrogens with one attached hydrogen (secondary N) is 1. The number of carbonyl (C=O) groups excluding carboxylic acids is 1. The van der Waals surface area contributed by atoms with Crippen molar-refractivity contribution in [1.29, 1.82) is 0 Å². The molecule has 0 unspecified atom stereocenters. The van der Waals surface area contributed by atoms with E-state index >= 15 is 0 Å². The van der Waals surface area contributed by atoms with Crippen molar-refractivity contribution < 1.29 is 9.53 Å². The van der Waals surface area contributed by atoms with Gasteiger partial charge in [-0.3, -0.25) is 9.78 Å². The maximum atomic E-state index is 12.0. The summed E-state index contributed by atoms with van der Waals surface area (Å²) in [5.74, 6) is 0.667. The topological polar surface area (TPSA) is 51.2 Å². The van der Waals surface area contributed by atoms with Crippen molar-refractivity contribution in [3.8, 4) is 5.75 Å². The van der Waals surface area contributed by atoms with Crippen LogP contribution < -0.4 is 10.1 Å². The molecule has 0 bridgehead atoms. The summed E-state index contributed by atoms with van der Waals surface area (Å²) in [7, 11) is 1.62. The number of pyridine rings is 1. The maximum Gasteiger partial charge on any atom is 0.251 e. The van der Waals surface area contributed by atoms with Crippen molar-refractivity contribution in [2.24, 2.45) is 0 Å². The maximum absolute atomic E-state index is 12.0. The molecule has 0 spiro atoms. The highest BCUT2D eigenvalue weighted by Gasteiger charge is 2.11. The normalized spacial score (nSPS) is 11.7. The predicted octanol–water partition coefficient (Wildman–Crippen LogP) is 2.58. The molecule has 4 nitrogen and oxygen atoms in total. The second-order valence-electron chi connectivity index (χ2n) is 4.21. The average molecular weight is 256 g/mol. The first-order valence-corrected chi connectivity index (χ1v) is 6.05. The van der Waals surface area contributed by atoms with Crippen LogP contribution in [-0.2, 0) is 0 Å². The van der Waals surface area contributed by atoms with Crippen LogP contribution in [0.4, 0.5) is 0 Å². The zero-order valence-electron chi connectivity index (χ0n) is 11.0. The van der Waals surface area contributed by atoms with Crippen molar-refractivity contribution in [2.45, 2.75) is 13.0 Å². The molecule has 1 aromatic carbocycles. The monoisotopic (exact) mass is 256 g/mol. The Morgan fingerprint density at radius 1 is 1.26 bits per heavy atom. The van der Waals surface area contributed by atoms with Gasteiger partial charge in [0.15, 0.2) is 0 Å². The Hall–Kier alpha value is -2.36. The van der Waals surface area contributed by atoms with E-state index in [4.69, 9.17) is 4.74 Å². The van der Waals surface area contributed by atoms with Crippen LogP contribution in [0.5, 0.6) is 5.75 Å². The Morgan fingerprint density at radius 3 is 2.68 bits per heavy atom. The van der Waals surface area contributed by atoms with E-state index in [2.05, 4.69) is 10.3 Å². The van der Waals surface area contributed by atoms with Crippen molar-refractivity contribution in [2.75, 3.05) is 7.11 Å². The van der Waals surface area contributed by atoms with E-state index in [0.717, 1.165) is 11.3 Å². The summed E-state index contributed by atoms with van der Waals surface area (Å²) in [5.41, 5.74) is 1.60. The van der Waals surface area contributed by atoms with Crippen LogP contribution in [-0.4, -0.2) is 18.0 Å². The third-order valence-electron chi connectivity index (χ3n) is 2.88. The smallest absolute Gasteiger partial charge is 0.251 e. The molecule has 1 amide bonds. The summed E-state index contributed by atoms with van der Waals surface area (Å²) < 4.78 is 5.17. The number of amides is 1. The lowest BCUT2D eigenvalue weighted by Crippen LogP contribution is -2.26. The van der Waals surface area contributed by atoms with E-state index < -0.39 is 0 Å². The quantitative estimate of drug-likeness (QED) is 0.914. The molecule has 2 rings (SSSR count). The minimum absolute atomic E-state index is 0.0873. The van der Waals surface area contributed by atoms with Gasteiger partial charge in [0.05, 0.1) is 13.2 Å². The standard InChI is InChI=1S/C15H16N2O2/c1-11(13-4-3-5-14(10-13)19-2)17-15(18)12-6-8-16-9-7-12/h3-11H,1-2H3,(H,17,18)/t11-/m0/s1. The summed E-state index contributed by atoms with van der Waals surface area (Å²) in [6, 6.07) is 10.9. The fraction of sp³-hybridized carbons (Fsp3) is 0.200. The molecule has 4 heteroatoms. The van der Waals surface area contributed by atoms with Gasteiger partial charge in [-0.25, -0.2) is 0 Å². The van der Waals surface area contributed by atoms with Gasteiger partial charge < -0.3 is 10.1 Å². The largest absolute Gasteiger partial charge is 0.497 e. The van der Waals surface area contributed by atoms with E-state index in [0.29, 0.717) is 5.56 Å². The first-order chi connectivity index (χ1) is 9.20. The zero-order valence-corrected chi connectivity index (χ0v) is 11.0. The van der Waals surface area contributed by atoms with Gasteiger partial charge in [0, 0.05) is 18.0 Å². The van der Waals surface area contributed by atoms with Gasteiger partial charge in [-0.1, -0.05) is 12.1 Å². The molecular weight excluding hydrogens is 240 g/mol. The highest BCUT2D eigenvalue weighted by Crippen LogP contribution is 2.19. The fourth-order valence-corrected chi connectivity index (χ4v) is 1.78. The van der Waals surface area contributed by atoms with Gasteiger partial charge in [-0.2, -0.15) is 0 Å².